The van der Waals surface area contributed by atoms with E-state index >= 15 is 0 Å². The lowest BCUT2D eigenvalue weighted by Gasteiger charge is -2.32. The second-order valence-electron chi connectivity index (χ2n) is 5.59. The van der Waals surface area contributed by atoms with Crippen molar-refractivity contribution in [3.8, 4) is 5.75 Å². The zero-order chi connectivity index (χ0) is 16.6. The molecular formula is C17H21FN4O2. The Labute approximate surface area is 140 Å². The number of morpholine rings is 1. The first-order valence-electron chi connectivity index (χ1n) is 8.03. The minimum Gasteiger partial charge on any atom is -0.492 e. The molecule has 0 radical (unpaired) electrons. The summed E-state index contributed by atoms with van der Waals surface area (Å²) in [7, 11) is 0. The van der Waals surface area contributed by atoms with Crippen LogP contribution in [0.15, 0.2) is 42.6 Å². The molecule has 0 saturated carbocycles. The van der Waals surface area contributed by atoms with Gasteiger partial charge in [-0.1, -0.05) is 6.07 Å². The molecule has 3 rings (SSSR count). The van der Waals surface area contributed by atoms with Crippen LogP contribution in [0.25, 0.3) is 0 Å². The van der Waals surface area contributed by atoms with Crippen LogP contribution in [0.2, 0.25) is 0 Å². The third-order valence-corrected chi connectivity index (χ3v) is 3.78. The highest BCUT2D eigenvalue weighted by Crippen LogP contribution is 2.12. The lowest BCUT2D eigenvalue weighted by atomic mass is 10.2. The molecule has 1 N–H and O–H groups in total. The molecule has 2 heterocycles. The lowest BCUT2D eigenvalue weighted by molar-refractivity contribution is -0.0242. The van der Waals surface area contributed by atoms with Crippen LogP contribution in [0, 0.1) is 5.82 Å². The van der Waals surface area contributed by atoms with Crippen molar-refractivity contribution in [3.05, 3.63) is 48.4 Å². The molecule has 0 bridgehead atoms. The van der Waals surface area contributed by atoms with E-state index < -0.39 is 0 Å². The zero-order valence-corrected chi connectivity index (χ0v) is 13.4. The van der Waals surface area contributed by atoms with Crippen LogP contribution < -0.4 is 10.1 Å². The molecule has 2 aromatic rings. The average molecular weight is 332 g/mol. The highest BCUT2D eigenvalue weighted by atomic mass is 19.1. The van der Waals surface area contributed by atoms with Gasteiger partial charge in [0.05, 0.1) is 12.7 Å². The first kappa shape index (κ1) is 16.6. The third kappa shape index (κ3) is 5.14. The molecule has 0 aliphatic carbocycles. The number of benzene rings is 1. The van der Waals surface area contributed by atoms with Crippen molar-refractivity contribution in [2.45, 2.75) is 6.10 Å². The van der Waals surface area contributed by atoms with E-state index in [9.17, 15) is 4.39 Å². The SMILES string of the molecule is Fc1cccc(OCCN2CCO[C@@H](CNc3cccnn3)C2)c1. The van der Waals surface area contributed by atoms with Crippen LogP contribution in [-0.2, 0) is 4.74 Å². The van der Waals surface area contributed by atoms with E-state index in [2.05, 4.69) is 20.4 Å². The van der Waals surface area contributed by atoms with Crippen LogP contribution >= 0.6 is 0 Å². The Hall–Kier alpha value is -2.25. The summed E-state index contributed by atoms with van der Waals surface area (Å²) in [5.74, 6) is 1.02. The Morgan fingerprint density at radius 2 is 2.29 bits per heavy atom. The van der Waals surface area contributed by atoms with Gasteiger partial charge in [0.25, 0.3) is 0 Å². The molecule has 24 heavy (non-hydrogen) atoms. The molecule has 1 saturated heterocycles. The first-order chi connectivity index (χ1) is 11.8. The lowest BCUT2D eigenvalue weighted by Crippen LogP contribution is -2.46. The van der Waals surface area contributed by atoms with E-state index in [1.807, 2.05) is 12.1 Å². The molecular weight excluding hydrogens is 311 g/mol. The number of nitrogens with one attached hydrogen (secondary N) is 1. The predicted octanol–water partition coefficient (Wildman–Crippen LogP) is 1.81. The third-order valence-electron chi connectivity index (χ3n) is 3.78. The number of halogens is 1. The van der Waals surface area contributed by atoms with Gasteiger partial charge in [0, 0.05) is 38.4 Å². The molecule has 1 aliphatic rings. The number of rotatable bonds is 7. The number of aromatic nitrogens is 2. The predicted molar refractivity (Wildman–Crippen MR) is 88.6 cm³/mol. The van der Waals surface area contributed by atoms with E-state index in [4.69, 9.17) is 9.47 Å². The minimum absolute atomic E-state index is 0.0925. The van der Waals surface area contributed by atoms with Crippen LogP contribution in [0.1, 0.15) is 0 Å². The molecule has 0 spiro atoms. The van der Waals surface area contributed by atoms with Crippen molar-refractivity contribution < 1.29 is 13.9 Å². The monoisotopic (exact) mass is 332 g/mol. The topological polar surface area (TPSA) is 59.5 Å². The van der Waals surface area contributed by atoms with E-state index in [-0.39, 0.29) is 11.9 Å². The fraction of sp³-hybridized carbons (Fsp3) is 0.412. The Balaban J connectivity index is 1.39. The van der Waals surface area contributed by atoms with Crippen molar-refractivity contribution in [3.63, 3.8) is 0 Å². The number of anilines is 1. The van der Waals surface area contributed by atoms with Crippen LogP contribution in [0.4, 0.5) is 10.2 Å². The summed E-state index contributed by atoms with van der Waals surface area (Å²) in [5, 5.41) is 11.0. The van der Waals surface area contributed by atoms with Gasteiger partial charge in [0.15, 0.2) is 0 Å². The van der Waals surface area contributed by atoms with Gasteiger partial charge in [0.2, 0.25) is 0 Å². The van der Waals surface area contributed by atoms with Gasteiger partial charge >= 0.3 is 0 Å². The summed E-state index contributed by atoms with van der Waals surface area (Å²) < 4.78 is 24.5. The Morgan fingerprint density at radius 1 is 1.33 bits per heavy atom. The Bertz CT molecular complexity index is 629. The second kappa shape index (κ2) is 8.56. The maximum atomic E-state index is 13.1. The molecule has 128 valence electrons. The van der Waals surface area contributed by atoms with Gasteiger partial charge in [-0.05, 0) is 24.3 Å². The fourth-order valence-corrected chi connectivity index (χ4v) is 2.57. The number of hydrogen-bond donors (Lipinski definition) is 1. The van der Waals surface area contributed by atoms with Gasteiger partial charge in [0.1, 0.15) is 24.0 Å². The van der Waals surface area contributed by atoms with Gasteiger partial charge < -0.3 is 14.8 Å². The highest BCUT2D eigenvalue weighted by Gasteiger charge is 2.20. The van der Waals surface area contributed by atoms with Crippen molar-refractivity contribution in [1.82, 2.24) is 15.1 Å². The zero-order valence-electron chi connectivity index (χ0n) is 13.4. The maximum absolute atomic E-state index is 13.1. The summed E-state index contributed by atoms with van der Waals surface area (Å²) in [4.78, 5) is 2.28. The normalized spacial score (nSPS) is 18.3. The molecule has 1 aliphatic heterocycles. The van der Waals surface area contributed by atoms with Crippen molar-refractivity contribution in [1.29, 1.82) is 0 Å². The standard InChI is InChI=1S/C17H21FN4O2/c18-14-3-1-4-15(11-14)23-9-7-22-8-10-24-16(13-22)12-19-17-5-2-6-20-21-17/h1-6,11,16H,7-10,12-13H2,(H,19,21)/t16-/m0/s1. The molecule has 7 heteroatoms. The molecule has 6 nitrogen and oxygen atoms in total. The summed E-state index contributed by atoms with van der Waals surface area (Å²) in [6.07, 6.45) is 1.73. The summed E-state index contributed by atoms with van der Waals surface area (Å²) in [5.41, 5.74) is 0. The molecule has 0 amide bonds. The minimum atomic E-state index is -0.283. The molecule has 1 atom stereocenters. The van der Waals surface area contributed by atoms with Gasteiger partial charge in [-0.2, -0.15) is 5.10 Å². The van der Waals surface area contributed by atoms with Crippen LogP contribution in [0.5, 0.6) is 5.75 Å². The first-order valence-corrected chi connectivity index (χ1v) is 8.03. The fourth-order valence-electron chi connectivity index (χ4n) is 2.57. The smallest absolute Gasteiger partial charge is 0.148 e. The molecule has 1 fully saturated rings. The van der Waals surface area contributed by atoms with E-state index in [0.717, 1.165) is 25.5 Å². The maximum Gasteiger partial charge on any atom is 0.148 e. The molecule has 0 unspecified atom stereocenters. The molecule has 1 aromatic carbocycles. The van der Waals surface area contributed by atoms with Gasteiger partial charge in [-0.15, -0.1) is 5.10 Å². The molecule has 1 aromatic heterocycles. The largest absolute Gasteiger partial charge is 0.492 e. The second-order valence-corrected chi connectivity index (χ2v) is 5.59. The highest BCUT2D eigenvalue weighted by molar-refractivity contribution is 5.31. The summed E-state index contributed by atoms with van der Waals surface area (Å²) >= 11 is 0. The summed E-state index contributed by atoms with van der Waals surface area (Å²) in [6, 6.07) is 9.92. The number of hydrogen-bond acceptors (Lipinski definition) is 6. The number of ether oxygens (including phenoxy) is 2. The quantitative estimate of drug-likeness (QED) is 0.834. The van der Waals surface area contributed by atoms with Gasteiger partial charge in [-0.3, -0.25) is 4.90 Å². The van der Waals surface area contributed by atoms with Crippen molar-refractivity contribution >= 4 is 5.82 Å². The number of nitrogens with zero attached hydrogens (tertiary/aromatic N) is 3. The van der Waals surface area contributed by atoms with Crippen LogP contribution in [0.3, 0.4) is 0 Å². The Morgan fingerprint density at radius 3 is 3.12 bits per heavy atom. The van der Waals surface area contributed by atoms with E-state index in [0.29, 0.717) is 25.5 Å². The van der Waals surface area contributed by atoms with Crippen LogP contribution in [-0.4, -0.2) is 60.6 Å². The summed E-state index contributed by atoms with van der Waals surface area (Å²) in [6.45, 7) is 4.36. The Kier molecular flexibility index (Phi) is 5.92. The van der Waals surface area contributed by atoms with Crippen molar-refractivity contribution in [2.75, 3.05) is 44.7 Å². The van der Waals surface area contributed by atoms with Gasteiger partial charge in [-0.25, -0.2) is 4.39 Å². The van der Waals surface area contributed by atoms with E-state index in [1.165, 1.54) is 12.1 Å². The van der Waals surface area contributed by atoms with Crippen molar-refractivity contribution in [2.24, 2.45) is 0 Å². The van der Waals surface area contributed by atoms with E-state index in [1.54, 1.807) is 18.3 Å². The average Bonchev–Trinajstić information content (AvgIpc) is 2.61.